The van der Waals surface area contributed by atoms with Gasteiger partial charge in [0.25, 0.3) is 0 Å². The van der Waals surface area contributed by atoms with Gasteiger partial charge in [0, 0.05) is 38.1 Å². The smallest absolute Gasteiger partial charge is 0.235 e. The van der Waals surface area contributed by atoms with Gasteiger partial charge in [0.05, 0.1) is 22.2 Å². The molecule has 0 unspecified atom stereocenters. The summed E-state index contributed by atoms with van der Waals surface area (Å²) in [6.45, 7) is 8.69. The summed E-state index contributed by atoms with van der Waals surface area (Å²) in [7, 11) is 0. The summed E-state index contributed by atoms with van der Waals surface area (Å²) < 4.78 is 2.38. The second-order valence-corrected chi connectivity index (χ2v) is 17.3. The van der Waals surface area contributed by atoms with Crippen LogP contribution in [0.1, 0.15) is 38.8 Å². The average Bonchev–Trinajstić information content (AvgIpc) is 3.83. The molecule has 0 atom stereocenters. The topological polar surface area (TPSA) is 30.7 Å². The number of para-hydroxylation sites is 2. The maximum atomic E-state index is 5.65. The summed E-state index contributed by atoms with van der Waals surface area (Å²) in [4.78, 5) is 11.1. The Bertz CT molecular complexity index is 3830. The van der Waals surface area contributed by atoms with Crippen LogP contribution in [0.25, 0.3) is 116 Å². The van der Waals surface area contributed by atoms with Gasteiger partial charge in [0.15, 0.2) is 0 Å². The maximum Gasteiger partial charge on any atom is 0.235 e. The Labute approximate surface area is 372 Å². The average molecular weight is 820 g/mol. The summed E-state index contributed by atoms with van der Waals surface area (Å²) >= 11 is 0. The van der Waals surface area contributed by atoms with E-state index in [2.05, 4.69) is 219 Å². The van der Waals surface area contributed by atoms with E-state index in [0.717, 1.165) is 38.8 Å². The molecule has 1 aliphatic carbocycles. The normalized spacial score (nSPS) is 12.8. The highest BCUT2D eigenvalue weighted by atomic mass is 15.2. The van der Waals surface area contributed by atoms with Gasteiger partial charge < -0.3 is 0 Å². The molecule has 0 spiro atoms. The van der Waals surface area contributed by atoms with Gasteiger partial charge in [0.2, 0.25) is 5.95 Å². The molecule has 1 aliphatic rings. The highest BCUT2D eigenvalue weighted by Gasteiger charge is 2.35. The number of nitrogens with zero attached hydrogens (tertiary/aromatic N) is 3. The number of rotatable bonds is 4. The maximum absolute atomic E-state index is 5.65. The van der Waals surface area contributed by atoms with Gasteiger partial charge >= 0.3 is 0 Å². The van der Waals surface area contributed by atoms with Crippen LogP contribution in [0.3, 0.4) is 0 Å². The Morgan fingerprint density at radius 3 is 1.73 bits per heavy atom. The molecule has 0 aliphatic heterocycles. The van der Waals surface area contributed by atoms with Crippen LogP contribution < -0.4 is 0 Å². The highest BCUT2D eigenvalue weighted by Crippen LogP contribution is 2.51. The highest BCUT2D eigenvalue weighted by molar-refractivity contribution is 6.33. The van der Waals surface area contributed by atoms with E-state index in [-0.39, 0.29) is 5.41 Å². The van der Waals surface area contributed by atoms with Crippen molar-refractivity contribution in [3.63, 3.8) is 0 Å². The first kappa shape index (κ1) is 37.8. The number of hydrogen-bond donors (Lipinski definition) is 0. The lowest BCUT2D eigenvalue weighted by molar-refractivity contribution is 0.660. The molecule has 0 saturated heterocycles. The van der Waals surface area contributed by atoms with Crippen molar-refractivity contribution >= 4 is 65.0 Å². The molecule has 0 amide bonds. The minimum Gasteiger partial charge on any atom is -0.277 e. The first-order valence-electron chi connectivity index (χ1n) is 22.5. The van der Waals surface area contributed by atoms with Gasteiger partial charge in [-0.05, 0) is 78.0 Å². The van der Waals surface area contributed by atoms with Crippen LogP contribution in [0.15, 0.2) is 200 Å². The van der Waals surface area contributed by atoms with Gasteiger partial charge in [-0.1, -0.05) is 216 Å². The van der Waals surface area contributed by atoms with Gasteiger partial charge in [-0.25, -0.2) is 9.97 Å². The predicted octanol–water partition coefficient (Wildman–Crippen LogP) is 16.5. The second-order valence-electron chi connectivity index (χ2n) is 17.3. The van der Waals surface area contributed by atoms with Gasteiger partial charge in [-0.3, -0.25) is 4.57 Å². The van der Waals surface area contributed by atoms with Crippen molar-refractivity contribution in [2.45, 2.75) is 33.1 Å². The first-order chi connectivity index (χ1) is 31.5. The number of fused-ring (bicyclic) bond motifs is 13. The lowest BCUT2D eigenvalue weighted by Gasteiger charge is -2.21. The van der Waals surface area contributed by atoms with E-state index < -0.39 is 0 Å². The van der Waals surface area contributed by atoms with Crippen LogP contribution in [0.2, 0.25) is 0 Å². The summed E-state index contributed by atoms with van der Waals surface area (Å²) in [5.74, 6) is 0.650. The Balaban J connectivity index is 0.00000214. The standard InChI is InChI=1S/C59H39N3.C2H6/c1-59(2)51-27-11-9-20-45(51)50-35-39(33-34-52(50)59)42-25-14-26-49-54-46-21-7-5-18-43(46)44-19-6-8-22-47(44)57(54)62(56(42)49)58-60-53-28-12-10-23-48(53)55(61-58)38-31-29-37(30-32-38)41-24-13-16-36-15-3-4-17-40(36)41;1-2/h3-35H,1-2H3;1-2H3. The lowest BCUT2D eigenvalue weighted by atomic mass is 9.82. The summed E-state index contributed by atoms with van der Waals surface area (Å²) in [6.07, 6.45) is 0. The molecule has 2 aromatic heterocycles. The number of hydrogen-bond acceptors (Lipinski definition) is 2. The number of benzene rings is 10. The zero-order valence-electron chi connectivity index (χ0n) is 36.4. The van der Waals surface area contributed by atoms with Crippen molar-refractivity contribution in [1.82, 2.24) is 14.5 Å². The zero-order chi connectivity index (χ0) is 43.1. The molecule has 0 radical (unpaired) electrons. The van der Waals surface area contributed by atoms with E-state index in [0.29, 0.717) is 5.95 Å². The molecule has 0 N–H and O–H groups in total. The van der Waals surface area contributed by atoms with E-state index in [4.69, 9.17) is 9.97 Å². The minimum atomic E-state index is -0.0778. The Hall–Kier alpha value is -7.88. The first-order valence-corrected chi connectivity index (χ1v) is 22.5. The molecule has 0 saturated carbocycles. The van der Waals surface area contributed by atoms with Crippen LogP contribution in [0.4, 0.5) is 0 Å². The van der Waals surface area contributed by atoms with E-state index in [1.165, 1.54) is 82.0 Å². The van der Waals surface area contributed by atoms with E-state index in [1.54, 1.807) is 0 Å². The quantitative estimate of drug-likeness (QED) is 0.166. The van der Waals surface area contributed by atoms with Gasteiger partial charge in [0.1, 0.15) is 0 Å². The number of aromatic nitrogens is 3. The largest absolute Gasteiger partial charge is 0.277 e. The Morgan fingerprint density at radius 1 is 0.375 bits per heavy atom. The Morgan fingerprint density at radius 2 is 0.922 bits per heavy atom. The van der Waals surface area contributed by atoms with Crippen molar-refractivity contribution in [3.05, 3.63) is 211 Å². The molecule has 12 aromatic rings. The molecule has 3 nitrogen and oxygen atoms in total. The van der Waals surface area contributed by atoms with E-state index >= 15 is 0 Å². The van der Waals surface area contributed by atoms with Crippen molar-refractivity contribution < 1.29 is 0 Å². The minimum absolute atomic E-state index is 0.0778. The van der Waals surface area contributed by atoms with Crippen molar-refractivity contribution in [3.8, 4) is 50.6 Å². The van der Waals surface area contributed by atoms with Gasteiger partial charge in [-0.2, -0.15) is 0 Å². The van der Waals surface area contributed by atoms with Crippen LogP contribution >= 0.6 is 0 Å². The fourth-order valence-electron chi connectivity index (χ4n) is 10.7. The van der Waals surface area contributed by atoms with Crippen LogP contribution in [-0.2, 0) is 5.41 Å². The van der Waals surface area contributed by atoms with E-state index in [9.17, 15) is 0 Å². The fraction of sp³-hybridized carbons (Fsp3) is 0.0820. The van der Waals surface area contributed by atoms with Gasteiger partial charge in [-0.15, -0.1) is 0 Å². The Kier molecular flexibility index (Phi) is 8.64. The second kappa shape index (κ2) is 14.6. The SMILES string of the molecule is CC.CC1(C)c2ccccc2-c2cc(-c3cccc4c5c6ccccc6c6ccccc6c5n(-c5nc(-c6ccc(-c7cccc8ccccc78)cc6)c6ccccc6n5)c34)ccc21. The molecular formula is C61H45N3. The molecule has 0 bridgehead atoms. The summed E-state index contributed by atoms with van der Waals surface area (Å²) in [6, 6.07) is 73.0. The fourth-order valence-corrected chi connectivity index (χ4v) is 10.7. The predicted molar refractivity (Wildman–Crippen MR) is 272 cm³/mol. The van der Waals surface area contributed by atoms with Crippen LogP contribution in [0.5, 0.6) is 0 Å². The van der Waals surface area contributed by atoms with Crippen molar-refractivity contribution in [2.24, 2.45) is 0 Å². The molecule has 13 rings (SSSR count). The molecule has 0 fully saturated rings. The zero-order valence-corrected chi connectivity index (χ0v) is 36.4. The molecule has 304 valence electrons. The lowest BCUT2D eigenvalue weighted by Crippen LogP contribution is -2.14. The van der Waals surface area contributed by atoms with Crippen LogP contribution in [0, 0.1) is 0 Å². The summed E-state index contributed by atoms with van der Waals surface area (Å²) in [5.41, 5.74) is 15.1. The van der Waals surface area contributed by atoms with Crippen LogP contribution in [-0.4, -0.2) is 14.5 Å². The molecule has 10 aromatic carbocycles. The third-order valence-corrected chi connectivity index (χ3v) is 13.6. The van der Waals surface area contributed by atoms with E-state index in [1.807, 2.05) is 13.8 Å². The monoisotopic (exact) mass is 819 g/mol. The third kappa shape index (κ3) is 5.53. The third-order valence-electron chi connectivity index (χ3n) is 13.6. The molecular weight excluding hydrogens is 775 g/mol. The molecule has 3 heteroatoms. The van der Waals surface area contributed by atoms with Crippen molar-refractivity contribution in [1.29, 1.82) is 0 Å². The molecule has 2 heterocycles. The molecule has 64 heavy (non-hydrogen) atoms. The van der Waals surface area contributed by atoms with Crippen molar-refractivity contribution in [2.75, 3.05) is 0 Å². The summed E-state index contributed by atoms with van der Waals surface area (Å²) in [5, 5.41) is 10.7.